The number of anilines is 1. The maximum Gasteiger partial charge on any atom is 0.335 e. The van der Waals surface area contributed by atoms with Crippen LogP contribution in [0.3, 0.4) is 0 Å². The molecule has 43 heavy (non-hydrogen) atoms. The Kier molecular flexibility index (Phi) is 8.80. The van der Waals surface area contributed by atoms with E-state index in [9.17, 15) is 14.7 Å². The topological polar surface area (TPSA) is 69.0 Å². The van der Waals surface area contributed by atoms with E-state index in [0.29, 0.717) is 17.4 Å². The van der Waals surface area contributed by atoms with E-state index in [2.05, 4.69) is 45.6 Å². The number of fused-ring (bicyclic) bond motifs is 5. The molecule has 3 heterocycles. The minimum atomic E-state index is -0.865. The lowest BCUT2D eigenvalue weighted by atomic mass is 9.81. The minimum absolute atomic E-state index is 0.145. The van der Waals surface area contributed by atoms with Gasteiger partial charge in [-0.2, -0.15) is 0 Å². The molecule has 1 aliphatic carbocycles. The number of carbonyl (C=O) groups excluding carboxylic acids is 1. The standard InChI is InChI=1S/C36H48N4O3/c1-25-11-13-31-32(22-25)39(19-18-38-16-7-8-27(24-38)15-17-37(3)26(2)41)20-21-40-33-23-29(36(42)43)12-14-30(33)34(35(31)40)28-9-5-4-6-10-28/h11-14,22-23,27-28H,4-10,15-21,24H2,1-3H3,(H,42,43)/t27-/m0/s1. The van der Waals surface area contributed by atoms with Crippen LogP contribution in [0.2, 0.25) is 0 Å². The number of aromatic carboxylic acids is 1. The third-order valence-electron chi connectivity index (χ3n) is 10.4. The van der Waals surface area contributed by atoms with Crippen LogP contribution in [0.4, 0.5) is 5.69 Å². The molecule has 0 spiro atoms. The summed E-state index contributed by atoms with van der Waals surface area (Å²) < 4.78 is 2.45. The van der Waals surface area contributed by atoms with Crippen LogP contribution in [0.5, 0.6) is 0 Å². The molecule has 2 aromatic carbocycles. The number of hydrogen-bond acceptors (Lipinski definition) is 4. The molecule has 1 amide bonds. The van der Waals surface area contributed by atoms with Crippen molar-refractivity contribution in [2.45, 2.75) is 77.7 Å². The lowest BCUT2D eigenvalue weighted by Gasteiger charge is -2.35. The molecule has 3 aromatic rings. The Morgan fingerprint density at radius 2 is 1.77 bits per heavy atom. The molecule has 0 bridgehead atoms. The number of nitrogens with zero attached hydrogens (tertiary/aromatic N) is 4. The minimum Gasteiger partial charge on any atom is -0.478 e. The maximum absolute atomic E-state index is 12.0. The van der Waals surface area contributed by atoms with Crippen LogP contribution in [0.1, 0.15) is 85.7 Å². The summed E-state index contributed by atoms with van der Waals surface area (Å²) in [6.07, 6.45) is 9.78. The van der Waals surface area contributed by atoms with E-state index in [4.69, 9.17) is 0 Å². The highest BCUT2D eigenvalue weighted by atomic mass is 16.4. The van der Waals surface area contributed by atoms with Crippen molar-refractivity contribution in [3.8, 4) is 11.3 Å². The number of amides is 1. The average Bonchev–Trinajstić information content (AvgIpc) is 3.24. The molecule has 1 aromatic heterocycles. The Labute approximate surface area is 256 Å². The fourth-order valence-corrected chi connectivity index (χ4v) is 7.90. The van der Waals surface area contributed by atoms with E-state index in [1.165, 1.54) is 78.4 Å². The van der Waals surface area contributed by atoms with Crippen molar-refractivity contribution in [2.75, 3.05) is 51.2 Å². The highest BCUT2D eigenvalue weighted by Gasteiger charge is 2.31. The van der Waals surface area contributed by atoms with Crippen molar-refractivity contribution in [1.29, 1.82) is 0 Å². The molecule has 1 saturated carbocycles. The molecule has 7 nitrogen and oxygen atoms in total. The number of carboxylic acids is 1. The van der Waals surface area contributed by atoms with Gasteiger partial charge in [-0.15, -0.1) is 0 Å². The first-order valence-electron chi connectivity index (χ1n) is 16.5. The summed E-state index contributed by atoms with van der Waals surface area (Å²) in [5, 5.41) is 11.1. The SMILES string of the molecule is CC(=O)N(C)CC[C@@H]1CCCN(CCN2CCn3c(c(C4CCCCC4)c4ccc(C(=O)O)cc43)-c3ccc(C)cc32)C1. The van der Waals surface area contributed by atoms with Gasteiger partial charge in [0.15, 0.2) is 0 Å². The number of aryl methyl sites for hydroxylation is 1. The van der Waals surface area contributed by atoms with Gasteiger partial charge in [0, 0.05) is 75.4 Å². The molecule has 6 rings (SSSR count). The third kappa shape index (κ3) is 6.19. The molecule has 2 aliphatic heterocycles. The van der Waals surface area contributed by atoms with E-state index in [1.807, 2.05) is 18.0 Å². The second-order valence-electron chi connectivity index (χ2n) is 13.3. The highest BCUT2D eigenvalue weighted by molar-refractivity contribution is 5.99. The van der Waals surface area contributed by atoms with Gasteiger partial charge in [0.05, 0.1) is 11.3 Å². The van der Waals surface area contributed by atoms with E-state index in [0.717, 1.165) is 57.8 Å². The Morgan fingerprint density at radius 1 is 0.953 bits per heavy atom. The second-order valence-corrected chi connectivity index (χ2v) is 13.3. The summed E-state index contributed by atoms with van der Waals surface area (Å²) in [6.45, 7) is 10.7. The van der Waals surface area contributed by atoms with Gasteiger partial charge >= 0.3 is 5.97 Å². The molecule has 2 fully saturated rings. The third-order valence-corrected chi connectivity index (χ3v) is 10.4. The zero-order valence-electron chi connectivity index (χ0n) is 26.3. The molecule has 3 aliphatic rings. The van der Waals surface area contributed by atoms with Gasteiger partial charge in [0.2, 0.25) is 5.91 Å². The van der Waals surface area contributed by atoms with Gasteiger partial charge in [-0.05, 0) is 86.7 Å². The first-order valence-corrected chi connectivity index (χ1v) is 16.5. The average molecular weight is 585 g/mol. The number of carboxylic acid groups (broad SMARTS) is 1. The normalized spacial score (nSPS) is 19.6. The van der Waals surface area contributed by atoms with E-state index in [-0.39, 0.29) is 5.91 Å². The Hall–Kier alpha value is -3.32. The van der Waals surface area contributed by atoms with Crippen LogP contribution in [0.25, 0.3) is 22.2 Å². The zero-order chi connectivity index (χ0) is 30.1. The first-order chi connectivity index (χ1) is 20.8. The first kappa shape index (κ1) is 29.7. The lowest BCUT2D eigenvalue weighted by Crippen LogP contribution is -2.42. The van der Waals surface area contributed by atoms with Crippen molar-refractivity contribution < 1.29 is 14.7 Å². The molecular formula is C36H48N4O3. The Morgan fingerprint density at radius 3 is 2.53 bits per heavy atom. The number of likely N-dealkylation sites (tertiary alicyclic amines) is 1. The van der Waals surface area contributed by atoms with Gasteiger partial charge in [-0.3, -0.25) is 4.79 Å². The summed E-state index contributed by atoms with van der Waals surface area (Å²) in [6, 6.07) is 12.7. The van der Waals surface area contributed by atoms with E-state index >= 15 is 0 Å². The molecular weight excluding hydrogens is 536 g/mol. The van der Waals surface area contributed by atoms with Crippen LogP contribution in [-0.2, 0) is 11.3 Å². The number of hydrogen-bond donors (Lipinski definition) is 1. The predicted molar refractivity (Wildman–Crippen MR) is 174 cm³/mol. The van der Waals surface area contributed by atoms with Gasteiger partial charge in [0.25, 0.3) is 0 Å². The largest absolute Gasteiger partial charge is 0.478 e. The van der Waals surface area contributed by atoms with Gasteiger partial charge in [-0.25, -0.2) is 4.79 Å². The zero-order valence-corrected chi connectivity index (χ0v) is 26.3. The van der Waals surface area contributed by atoms with Crippen molar-refractivity contribution in [2.24, 2.45) is 5.92 Å². The fraction of sp³-hybridized carbons (Fsp3) is 0.556. The molecule has 1 saturated heterocycles. The van der Waals surface area contributed by atoms with Gasteiger partial charge in [-0.1, -0.05) is 37.5 Å². The number of rotatable bonds is 8. The second kappa shape index (κ2) is 12.7. The highest BCUT2D eigenvalue weighted by Crippen LogP contribution is 2.47. The van der Waals surface area contributed by atoms with Crippen LogP contribution in [-0.4, -0.2) is 77.7 Å². The monoisotopic (exact) mass is 584 g/mol. The molecule has 1 atom stereocenters. The van der Waals surface area contributed by atoms with Crippen LogP contribution >= 0.6 is 0 Å². The molecule has 230 valence electrons. The van der Waals surface area contributed by atoms with Crippen molar-refractivity contribution in [3.05, 3.63) is 53.1 Å². The molecule has 1 N–H and O–H groups in total. The van der Waals surface area contributed by atoms with Crippen LogP contribution in [0, 0.1) is 12.8 Å². The summed E-state index contributed by atoms with van der Waals surface area (Å²) in [5.74, 6) is 0.432. The molecule has 0 unspecified atom stereocenters. The lowest BCUT2D eigenvalue weighted by molar-refractivity contribution is -0.127. The summed E-state index contributed by atoms with van der Waals surface area (Å²) in [4.78, 5) is 30.7. The predicted octanol–water partition coefficient (Wildman–Crippen LogP) is 6.76. The summed E-state index contributed by atoms with van der Waals surface area (Å²) >= 11 is 0. The van der Waals surface area contributed by atoms with E-state index < -0.39 is 5.97 Å². The van der Waals surface area contributed by atoms with Crippen molar-refractivity contribution in [3.63, 3.8) is 0 Å². The molecule has 0 radical (unpaired) electrons. The smallest absolute Gasteiger partial charge is 0.335 e. The maximum atomic E-state index is 12.0. The van der Waals surface area contributed by atoms with Crippen molar-refractivity contribution >= 4 is 28.5 Å². The summed E-state index contributed by atoms with van der Waals surface area (Å²) in [5.41, 5.74) is 8.06. The number of aromatic nitrogens is 1. The van der Waals surface area contributed by atoms with Crippen molar-refractivity contribution in [1.82, 2.24) is 14.4 Å². The van der Waals surface area contributed by atoms with Gasteiger partial charge < -0.3 is 24.4 Å². The Bertz CT molecular complexity index is 1490. The quantitative estimate of drug-likeness (QED) is 0.317. The number of carbonyl (C=O) groups is 2. The fourth-order valence-electron chi connectivity index (χ4n) is 7.90. The van der Waals surface area contributed by atoms with Crippen LogP contribution < -0.4 is 4.90 Å². The van der Waals surface area contributed by atoms with Gasteiger partial charge in [0.1, 0.15) is 0 Å². The Balaban J connectivity index is 1.30. The van der Waals surface area contributed by atoms with Crippen LogP contribution in [0.15, 0.2) is 36.4 Å². The number of piperidine rings is 1. The number of benzene rings is 2. The van der Waals surface area contributed by atoms with E-state index in [1.54, 1.807) is 13.0 Å². The molecule has 7 heteroatoms. The summed E-state index contributed by atoms with van der Waals surface area (Å²) in [7, 11) is 1.91.